The number of hydrogen-bond acceptors (Lipinski definition) is 7. The topological polar surface area (TPSA) is 120 Å². The SMILES string of the molecule is CCCOC(=O)c1ccc(OCC(=O)NNC(=O)CCC(=O)OC)cc1. The van der Waals surface area contributed by atoms with Crippen molar-refractivity contribution in [3.63, 3.8) is 0 Å². The van der Waals surface area contributed by atoms with E-state index >= 15 is 0 Å². The molecule has 0 fully saturated rings. The Morgan fingerprint density at radius 1 is 0.962 bits per heavy atom. The minimum absolute atomic E-state index is 0.0816. The molecular weight excluding hydrogens is 344 g/mol. The zero-order valence-corrected chi connectivity index (χ0v) is 14.7. The van der Waals surface area contributed by atoms with E-state index < -0.39 is 23.8 Å². The maximum atomic E-state index is 11.6. The smallest absolute Gasteiger partial charge is 0.338 e. The van der Waals surface area contributed by atoms with Crippen molar-refractivity contribution in [3.8, 4) is 5.75 Å². The Morgan fingerprint density at radius 3 is 2.23 bits per heavy atom. The Bertz CT molecular complexity index is 629. The summed E-state index contributed by atoms with van der Waals surface area (Å²) in [6.07, 6.45) is 0.548. The normalized spacial score (nSPS) is 9.77. The maximum Gasteiger partial charge on any atom is 0.338 e. The summed E-state index contributed by atoms with van der Waals surface area (Å²) in [7, 11) is 1.22. The molecule has 9 nitrogen and oxygen atoms in total. The van der Waals surface area contributed by atoms with Crippen LogP contribution in [0.15, 0.2) is 24.3 Å². The largest absolute Gasteiger partial charge is 0.484 e. The quantitative estimate of drug-likeness (QED) is 0.488. The fourth-order valence-electron chi connectivity index (χ4n) is 1.67. The summed E-state index contributed by atoms with van der Waals surface area (Å²) < 4.78 is 14.6. The van der Waals surface area contributed by atoms with Gasteiger partial charge in [0.1, 0.15) is 5.75 Å². The van der Waals surface area contributed by atoms with Gasteiger partial charge in [0.05, 0.1) is 25.7 Å². The molecule has 2 N–H and O–H groups in total. The third-order valence-corrected chi connectivity index (χ3v) is 3.02. The third-order valence-electron chi connectivity index (χ3n) is 3.02. The molecule has 0 radical (unpaired) electrons. The van der Waals surface area contributed by atoms with Crippen LogP contribution in [0.3, 0.4) is 0 Å². The molecule has 0 atom stereocenters. The molecule has 0 saturated heterocycles. The van der Waals surface area contributed by atoms with Crippen molar-refractivity contribution in [1.82, 2.24) is 10.9 Å². The van der Waals surface area contributed by atoms with E-state index in [1.54, 1.807) is 0 Å². The molecule has 142 valence electrons. The Morgan fingerprint density at radius 2 is 1.62 bits per heavy atom. The van der Waals surface area contributed by atoms with E-state index in [1.807, 2.05) is 6.92 Å². The molecule has 1 aromatic carbocycles. The highest BCUT2D eigenvalue weighted by atomic mass is 16.5. The summed E-state index contributed by atoms with van der Waals surface area (Å²) in [6, 6.07) is 6.12. The number of ether oxygens (including phenoxy) is 3. The molecular formula is C17H22N2O7. The van der Waals surface area contributed by atoms with E-state index in [0.717, 1.165) is 6.42 Å². The number of rotatable bonds is 9. The van der Waals surface area contributed by atoms with Gasteiger partial charge in [-0.15, -0.1) is 0 Å². The first-order chi connectivity index (χ1) is 12.5. The Hall–Kier alpha value is -3.10. The van der Waals surface area contributed by atoms with Crippen LogP contribution in [-0.2, 0) is 23.9 Å². The number of amides is 2. The van der Waals surface area contributed by atoms with Gasteiger partial charge in [0.2, 0.25) is 5.91 Å². The highest BCUT2D eigenvalue weighted by Crippen LogP contribution is 2.13. The molecule has 1 rings (SSSR count). The van der Waals surface area contributed by atoms with Crippen LogP contribution in [0.4, 0.5) is 0 Å². The van der Waals surface area contributed by atoms with Crippen molar-refractivity contribution in [1.29, 1.82) is 0 Å². The van der Waals surface area contributed by atoms with Crippen molar-refractivity contribution in [2.75, 3.05) is 20.3 Å². The summed E-state index contributed by atoms with van der Waals surface area (Å²) in [5, 5.41) is 0. The Labute approximate surface area is 151 Å². The highest BCUT2D eigenvalue weighted by Gasteiger charge is 2.10. The number of carbonyl (C=O) groups excluding carboxylic acids is 4. The van der Waals surface area contributed by atoms with Crippen molar-refractivity contribution in [2.45, 2.75) is 26.2 Å². The van der Waals surface area contributed by atoms with Gasteiger partial charge in [-0.2, -0.15) is 0 Å². The van der Waals surface area contributed by atoms with Gasteiger partial charge < -0.3 is 14.2 Å². The average Bonchev–Trinajstić information content (AvgIpc) is 2.67. The first-order valence-corrected chi connectivity index (χ1v) is 8.00. The second-order valence-electron chi connectivity index (χ2n) is 5.12. The van der Waals surface area contributed by atoms with Crippen molar-refractivity contribution in [2.24, 2.45) is 0 Å². The minimum Gasteiger partial charge on any atom is -0.484 e. The van der Waals surface area contributed by atoms with Crippen LogP contribution in [0.1, 0.15) is 36.5 Å². The second-order valence-corrected chi connectivity index (χ2v) is 5.12. The van der Waals surface area contributed by atoms with Crippen LogP contribution < -0.4 is 15.6 Å². The number of nitrogens with one attached hydrogen (secondary N) is 2. The van der Waals surface area contributed by atoms with Gasteiger partial charge in [-0.1, -0.05) is 6.92 Å². The summed E-state index contributed by atoms with van der Waals surface area (Å²) in [5.74, 6) is -1.67. The van der Waals surface area contributed by atoms with Crippen LogP contribution in [0.5, 0.6) is 5.75 Å². The lowest BCUT2D eigenvalue weighted by molar-refractivity contribution is -0.142. The molecule has 0 unspecified atom stereocenters. The monoisotopic (exact) mass is 366 g/mol. The van der Waals surface area contributed by atoms with Crippen molar-refractivity contribution in [3.05, 3.63) is 29.8 Å². The van der Waals surface area contributed by atoms with E-state index in [1.165, 1.54) is 31.4 Å². The fraction of sp³-hybridized carbons (Fsp3) is 0.412. The molecule has 0 aliphatic heterocycles. The molecule has 2 amide bonds. The van der Waals surface area contributed by atoms with Crippen LogP contribution >= 0.6 is 0 Å². The first kappa shape index (κ1) is 20.9. The number of hydrogen-bond donors (Lipinski definition) is 2. The maximum absolute atomic E-state index is 11.6. The number of esters is 2. The molecule has 0 aromatic heterocycles. The summed E-state index contributed by atoms with van der Waals surface area (Å²) >= 11 is 0. The summed E-state index contributed by atoms with van der Waals surface area (Å²) in [4.78, 5) is 45.5. The van der Waals surface area contributed by atoms with Crippen molar-refractivity contribution >= 4 is 23.8 Å². The third kappa shape index (κ3) is 8.13. The fourth-order valence-corrected chi connectivity index (χ4v) is 1.67. The van der Waals surface area contributed by atoms with E-state index in [2.05, 4.69) is 15.6 Å². The highest BCUT2D eigenvalue weighted by molar-refractivity contribution is 5.89. The van der Waals surface area contributed by atoms with Gasteiger partial charge in [0.25, 0.3) is 5.91 Å². The van der Waals surface area contributed by atoms with E-state index in [-0.39, 0.29) is 19.4 Å². The number of methoxy groups -OCH3 is 1. The predicted molar refractivity (Wildman–Crippen MR) is 90.0 cm³/mol. The lowest BCUT2D eigenvalue weighted by Gasteiger charge is -2.09. The van der Waals surface area contributed by atoms with Crippen LogP contribution in [0.25, 0.3) is 0 Å². The van der Waals surface area contributed by atoms with Crippen LogP contribution in [0, 0.1) is 0 Å². The number of carbonyl (C=O) groups is 4. The molecule has 0 aliphatic carbocycles. The average molecular weight is 366 g/mol. The zero-order chi connectivity index (χ0) is 19.4. The molecule has 0 spiro atoms. The van der Waals surface area contributed by atoms with E-state index in [9.17, 15) is 19.2 Å². The Balaban J connectivity index is 2.30. The van der Waals surface area contributed by atoms with Crippen molar-refractivity contribution < 1.29 is 33.4 Å². The van der Waals surface area contributed by atoms with Gasteiger partial charge in [-0.25, -0.2) is 4.79 Å². The lowest BCUT2D eigenvalue weighted by atomic mass is 10.2. The summed E-state index contributed by atoms with van der Waals surface area (Å²) in [6.45, 7) is 1.91. The standard InChI is InChI=1S/C17H22N2O7/c1-3-10-25-17(23)12-4-6-13(7-5-12)26-11-15(21)19-18-14(20)8-9-16(22)24-2/h4-7H,3,8-11H2,1-2H3,(H,18,20)(H,19,21). The summed E-state index contributed by atoms with van der Waals surface area (Å²) in [5.41, 5.74) is 4.69. The molecule has 0 heterocycles. The predicted octanol–water partition coefficient (Wildman–Crippen LogP) is 0.733. The Kier molecular flexibility index (Phi) is 9.23. The molecule has 9 heteroatoms. The molecule has 26 heavy (non-hydrogen) atoms. The molecule has 1 aromatic rings. The van der Waals surface area contributed by atoms with E-state index in [4.69, 9.17) is 9.47 Å². The van der Waals surface area contributed by atoms with Gasteiger partial charge in [-0.05, 0) is 30.7 Å². The lowest BCUT2D eigenvalue weighted by Crippen LogP contribution is -2.43. The molecule has 0 aliphatic rings. The van der Waals surface area contributed by atoms with E-state index in [0.29, 0.717) is 17.9 Å². The van der Waals surface area contributed by atoms with Gasteiger partial charge >= 0.3 is 11.9 Å². The first-order valence-electron chi connectivity index (χ1n) is 8.00. The molecule has 0 saturated carbocycles. The molecule has 0 bridgehead atoms. The number of benzene rings is 1. The minimum atomic E-state index is -0.581. The number of hydrazine groups is 1. The van der Waals surface area contributed by atoms with Gasteiger partial charge in [0.15, 0.2) is 6.61 Å². The van der Waals surface area contributed by atoms with Crippen LogP contribution in [0.2, 0.25) is 0 Å². The zero-order valence-electron chi connectivity index (χ0n) is 14.7. The second kappa shape index (κ2) is 11.5. The van der Waals surface area contributed by atoms with Gasteiger partial charge in [0, 0.05) is 6.42 Å². The van der Waals surface area contributed by atoms with Gasteiger partial charge in [-0.3, -0.25) is 25.2 Å². The van der Waals surface area contributed by atoms with Crippen LogP contribution in [-0.4, -0.2) is 44.1 Å².